The summed E-state index contributed by atoms with van der Waals surface area (Å²) in [6, 6.07) is 5.44. The number of esters is 1. The number of carbonyl (C=O) groups excluding carboxylic acids is 3. The molecule has 0 spiro atoms. The summed E-state index contributed by atoms with van der Waals surface area (Å²) in [5.74, 6) is -0.979. The number of nitrogens with one attached hydrogen (secondary N) is 1. The van der Waals surface area contributed by atoms with Gasteiger partial charge >= 0.3 is 5.97 Å². The summed E-state index contributed by atoms with van der Waals surface area (Å²) in [5.41, 5.74) is 5.72. The molecule has 2 amide bonds. The molecule has 0 radical (unpaired) electrons. The molecule has 3 N–H and O–H groups in total. The topological polar surface area (TPSA) is 98.5 Å². The zero-order valence-corrected chi connectivity index (χ0v) is 13.6. The number of carbonyl (C=O) groups is 3. The van der Waals surface area contributed by atoms with Crippen LogP contribution in [0.5, 0.6) is 5.75 Å². The van der Waals surface area contributed by atoms with Crippen molar-refractivity contribution in [3.05, 3.63) is 29.8 Å². The van der Waals surface area contributed by atoms with Gasteiger partial charge in [0.05, 0.1) is 0 Å². The van der Waals surface area contributed by atoms with E-state index in [-0.39, 0.29) is 5.91 Å². The molecule has 1 aromatic rings. The number of primary amides is 1. The van der Waals surface area contributed by atoms with Crippen molar-refractivity contribution in [2.45, 2.75) is 52.0 Å². The molecule has 0 aromatic heterocycles. The number of unbranched alkanes of at least 4 members (excludes halogenated alkanes) is 3. The van der Waals surface area contributed by atoms with E-state index in [1.54, 1.807) is 0 Å². The predicted molar refractivity (Wildman–Crippen MR) is 87.0 cm³/mol. The van der Waals surface area contributed by atoms with Gasteiger partial charge in [-0.2, -0.15) is 0 Å². The molecule has 23 heavy (non-hydrogen) atoms. The van der Waals surface area contributed by atoms with E-state index in [1.807, 2.05) is 0 Å². The molecule has 6 heteroatoms. The van der Waals surface area contributed by atoms with Crippen molar-refractivity contribution in [1.82, 2.24) is 5.32 Å². The first-order valence-electron chi connectivity index (χ1n) is 7.82. The molecule has 0 bridgehead atoms. The normalized spacial score (nSPS) is 11.6. The fourth-order valence-electron chi connectivity index (χ4n) is 2.14. The van der Waals surface area contributed by atoms with Crippen molar-refractivity contribution in [2.24, 2.45) is 5.73 Å². The molecular weight excluding hydrogens is 296 g/mol. The molecule has 0 aliphatic heterocycles. The first-order chi connectivity index (χ1) is 10.9. The minimum Gasteiger partial charge on any atom is -0.427 e. The van der Waals surface area contributed by atoms with Crippen molar-refractivity contribution >= 4 is 17.8 Å². The van der Waals surface area contributed by atoms with Crippen LogP contribution in [0.1, 0.15) is 56.3 Å². The van der Waals surface area contributed by atoms with Crippen molar-refractivity contribution in [2.75, 3.05) is 0 Å². The van der Waals surface area contributed by atoms with Gasteiger partial charge in [-0.15, -0.1) is 0 Å². The number of rotatable bonds is 9. The van der Waals surface area contributed by atoms with E-state index in [9.17, 15) is 14.4 Å². The number of nitrogens with two attached hydrogens (primary N) is 1. The van der Waals surface area contributed by atoms with Crippen LogP contribution >= 0.6 is 0 Å². The molecule has 0 aliphatic carbocycles. The summed E-state index contributed by atoms with van der Waals surface area (Å²) in [5, 5.41) is 2.65. The van der Waals surface area contributed by atoms with Gasteiger partial charge in [0.1, 0.15) is 11.8 Å². The summed E-state index contributed by atoms with van der Waals surface area (Å²) < 4.78 is 4.90. The van der Waals surface area contributed by atoms with E-state index in [1.165, 1.54) is 31.2 Å². The van der Waals surface area contributed by atoms with E-state index >= 15 is 0 Å². The standard InChI is InChI=1S/C17H24N2O4/c1-3-4-5-6-7-15(16(18)21)19-17(22)13-8-10-14(11-9-13)23-12(2)20/h8-11,15H,3-7H2,1-2H3,(H2,18,21)(H,19,22)/t15-/m0/s1. The van der Waals surface area contributed by atoms with Crippen molar-refractivity contribution in [3.8, 4) is 5.75 Å². The lowest BCUT2D eigenvalue weighted by Crippen LogP contribution is -2.44. The third-order valence-corrected chi connectivity index (χ3v) is 3.37. The number of amides is 2. The van der Waals surface area contributed by atoms with Gasteiger partial charge in [0.25, 0.3) is 5.91 Å². The monoisotopic (exact) mass is 320 g/mol. The predicted octanol–water partition coefficient (Wildman–Crippen LogP) is 2.17. The maximum absolute atomic E-state index is 12.2. The van der Waals surface area contributed by atoms with Gasteiger partial charge in [0, 0.05) is 12.5 Å². The molecule has 0 heterocycles. The van der Waals surface area contributed by atoms with Gasteiger partial charge in [-0.05, 0) is 30.7 Å². The Kier molecular flexibility index (Phi) is 7.80. The number of hydrogen-bond donors (Lipinski definition) is 2. The van der Waals surface area contributed by atoms with Gasteiger partial charge in [-0.1, -0.05) is 32.6 Å². The molecular formula is C17H24N2O4. The summed E-state index contributed by atoms with van der Waals surface area (Å²) in [4.78, 5) is 34.5. The van der Waals surface area contributed by atoms with E-state index in [0.717, 1.165) is 25.7 Å². The SMILES string of the molecule is CCCCCC[C@H](NC(=O)c1ccc(OC(C)=O)cc1)C(N)=O. The quantitative estimate of drug-likeness (QED) is 0.414. The van der Waals surface area contributed by atoms with Crippen LogP contribution in [-0.2, 0) is 9.59 Å². The van der Waals surface area contributed by atoms with E-state index < -0.39 is 17.9 Å². The molecule has 0 saturated carbocycles. The van der Waals surface area contributed by atoms with Crippen LogP contribution in [0.15, 0.2) is 24.3 Å². The fraction of sp³-hybridized carbons (Fsp3) is 0.471. The molecule has 0 fully saturated rings. The van der Waals surface area contributed by atoms with Crippen molar-refractivity contribution < 1.29 is 19.1 Å². The van der Waals surface area contributed by atoms with Crippen molar-refractivity contribution in [3.63, 3.8) is 0 Å². The van der Waals surface area contributed by atoms with Crippen LogP contribution in [0.2, 0.25) is 0 Å². The Balaban J connectivity index is 2.60. The lowest BCUT2D eigenvalue weighted by molar-refractivity contribution is -0.131. The van der Waals surface area contributed by atoms with Crippen LogP contribution < -0.4 is 15.8 Å². The van der Waals surface area contributed by atoms with Gasteiger partial charge in [-0.3, -0.25) is 14.4 Å². The van der Waals surface area contributed by atoms with Gasteiger partial charge < -0.3 is 15.8 Å². The van der Waals surface area contributed by atoms with Crippen LogP contribution in [0.4, 0.5) is 0 Å². The minimum atomic E-state index is -0.674. The van der Waals surface area contributed by atoms with Gasteiger partial charge in [0.15, 0.2) is 0 Å². The molecule has 1 atom stereocenters. The van der Waals surface area contributed by atoms with Crippen LogP contribution in [0.25, 0.3) is 0 Å². The largest absolute Gasteiger partial charge is 0.427 e. The maximum atomic E-state index is 12.2. The van der Waals surface area contributed by atoms with E-state index in [0.29, 0.717) is 17.7 Å². The highest BCUT2D eigenvalue weighted by Crippen LogP contribution is 2.13. The second-order valence-electron chi connectivity index (χ2n) is 5.40. The Labute approximate surface area is 136 Å². The van der Waals surface area contributed by atoms with Crippen molar-refractivity contribution in [1.29, 1.82) is 0 Å². The lowest BCUT2D eigenvalue weighted by Gasteiger charge is -2.15. The van der Waals surface area contributed by atoms with Gasteiger partial charge in [-0.25, -0.2) is 0 Å². The Morgan fingerprint density at radius 2 is 1.78 bits per heavy atom. The Hall–Kier alpha value is -2.37. The Morgan fingerprint density at radius 3 is 2.30 bits per heavy atom. The first kappa shape index (κ1) is 18.7. The fourth-order valence-corrected chi connectivity index (χ4v) is 2.14. The molecule has 1 aromatic carbocycles. The van der Waals surface area contributed by atoms with Crippen LogP contribution in [-0.4, -0.2) is 23.8 Å². The smallest absolute Gasteiger partial charge is 0.308 e. The minimum absolute atomic E-state index is 0.361. The zero-order chi connectivity index (χ0) is 17.2. The number of hydrogen-bond acceptors (Lipinski definition) is 4. The highest BCUT2D eigenvalue weighted by atomic mass is 16.5. The van der Waals surface area contributed by atoms with Crippen LogP contribution in [0.3, 0.4) is 0 Å². The average Bonchev–Trinajstić information content (AvgIpc) is 2.50. The first-order valence-corrected chi connectivity index (χ1v) is 7.82. The zero-order valence-electron chi connectivity index (χ0n) is 13.6. The van der Waals surface area contributed by atoms with Crippen LogP contribution in [0, 0.1) is 0 Å². The molecule has 6 nitrogen and oxygen atoms in total. The second kappa shape index (κ2) is 9.61. The molecule has 0 aliphatic rings. The molecule has 0 unspecified atom stereocenters. The maximum Gasteiger partial charge on any atom is 0.308 e. The number of benzene rings is 1. The summed E-state index contributed by atoms with van der Waals surface area (Å²) in [6.45, 7) is 3.41. The third kappa shape index (κ3) is 6.95. The lowest BCUT2D eigenvalue weighted by atomic mass is 10.1. The average molecular weight is 320 g/mol. The Bertz CT molecular complexity index is 540. The van der Waals surface area contributed by atoms with Gasteiger partial charge in [0.2, 0.25) is 5.91 Å². The van der Waals surface area contributed by atoms with E-state index in [4.69, 9.17) is 10.5 Å². The molecule has 126 valence electrons. The summed E-state index contributed by atoms with van der Waals surface area (Å²) in [7, 11) is 0. The number of ether oxygens (including phenoxy) is 1. The molecule has 1 rings (SSSR count). The second-order valence-corrected chi connectivity index (χ2v) is 5.40. The van der Waals surface area contributed by atoms with E-state index in [2.05, 4.69) is 12.2 Å². The summed E-state index contributed by atoms with van der Waals surface area (Å²) in [6.07, 6.45) is 4.58. The third-order valence-electron chi connectivity index (χ3n) is 3.37. The molecule has 0 saturated heterocycles. The highest BCUT2D eigenvalue weighted by molar-refractivity contribution is 5.97. The highest BCUT2D eigenvalue weighted by Gasteiger charge is 2.18. The Morgan fingerprint density at radius 1 is 1.13 bits per heavy atom. The summed E-state index contributed by atoms with van der Waals surface area (Å²) >= 11 is 0.